The van der Waals surface area contributed by atoms with Crippen molar-refractivity contribution in [1.29, 1.82) is 0 Å². The SMILES string of the molecule is COC(=O)C(C)(O)CN1CCCOCC1. The van der Waals surface area contributed by atoms with Gasteiger partial charge in [-0.25, -0.2) is 4.79 Å². The van der Waals surface area contributed by atoms with Gasteiger partial charge < -0.3 is 14.6 Å². The number of hydrogen-bond acceptors (Lipinski definition) is 5. The molecule has 88 valence electrons. The smallest absolute Gasteiger partial charge is 0.338 e. The average Bonchev–Trinajstić information content (AvgIpc) is 2.44. The lowest BCUT2D eigenvalue weighted by molar-refractivity contribution is -0.162. The van der Waals surface area contributed by atoms with E-state index in [0.29, 0.717) is 13.2 Å². The molecule has 1 unspecified atom stereocenters. The zero-order chi connectivity index (χ0) is 11.3. The van der Waals surface area contributed by atoms with E-state index in [1.165, 1.54) is 14.0 Å². The number of hydrogen-bond donors (Lipinski definition) is 1. The van der Waals surface area contributed by atoms with E-state index < -0.39 is 11.6 Å². The number of ether oxygens (including phenoxy) is 2. The normalized spacial score (nSPS) is 22.9. The van der Waals surface area contributed by atoms with E-state index >= 15 is 0 Å². The molecule has 0 aromatic carbocycles. The highest BCUT2D eigenvalue weighted by Crippen LogP contribution is 2.10. The largest absolute Gasteiger partial charge is 0.467 e. The molecule has 5 heteroatoms. The van der Waals surface area contributed by atoms with Crippen molar-refractivity contribution < 1.29 is 19.4 Å². The van der Waals surface area contributed by atoms with Gasteiger partial charge in [0.2, 0.25) is 0 Å². The second-order valence-corrected chi connectivity index (χ2v) is 4.01. The molecule has 1 aliphatic heterocycles. The molecule has 0 aromatic rings. The third kappa shape index (κ3) is 3.77. The van der Waals surface area contributed by atoms with Crippen LogP contribution in [0.15, 0.2) is 0 Å². The molecular formula is C10H19NO4. The summed E-state index contributed by atoms with van der Waals surface area (Å²) in [7, 11) is 1.28. The molecule has 0 aliphatic carbocycles. The van der Waals surface area contributed by atoms with Gasteiger partial charge in [-0.05, 0) is 13.3 Å². The Balaban J connectivity index is 2.47. The number of carbonyl (C=O) groups excluding carboxylic acids is 1. The molecule has 0 bridgehead atoms. The van der Waals surface area contributed by atoms with Gasteiger partial charge in [-0.1, -0.05) is 0 Å². The van der Waals surface area contributed by atoms with Gasteiger partial charge in [0, 0.05) is 26.2 Å². The number of aliphatic hydroxyl groups is 1. The van der Waals surface area contributed by atoms with Gasteiger partial charge in [0.05, 0.1) is 13.7 Å². The van der Waals surface area contributed by atoms with Crippen molar-refractivity contribution in [2.75, 3.05) is 40.0 Å². The van der Waals surface area contributed by atoms with Crippen molar-refractivity contribution in [2.24, 2.45) is 0 Å². The Morgan fingerprint density at radius 1 is 1.53 bits per heavy atom. The number of nitrogens with zero attached hydrogens (tertiary/aromatic N) is 1. The van der Waals surface area contributed by atoms with Gasteiger partial charge in [-0.2, -0.15) is 0 Å². The van der Waals surface area contributed by atoms with Crippen molar-refractivity contribution in [2.45, 2.75) is 18.9 Å². The fourth-order valence-electron chi connectivity index (χ4n) is 1.68. The second-order valence-electron chi connectivity index (χ2n) is 4.01. The van der Waals surface area contributed by atoms with Crippen LogP contribution >= 0.6 is 0 Å². The zero-order valence-corrected chi connectivity index (χ0v) is 9.36. The first kappa shape index (κ1) is 12.4. The van der Waals surface area contributed by atoms with Crippen LogP contribution in [0.2, 0.25) is 0 Å². The fraction of sp³-hybridized carbons (Fsp3) is 0.900. The predicted octanol–water partition coefficient (Wildman–Crippen LogP) is -0.367. The zero-order valence-electron chi connectivity index (χ0n) is 9.36. The van der Waals surface area contributed by atoms with Crippen molar-refractivity contribution in [3.8, 4) is 0 Å². The number of β-amino-alcohol motifs (C(OH)–C–C–N with tert-alkyl or cyclic N) is 1. The van der Waals surface area contributed by atoms with Gasteiger partial charge in [-0.15, -0.1) is 0 Å². The highest BCUT2D eigenvalue weighted by Gasteiger charge is 2.33. The van der Waals surface area contributed by atoms with Gasteiger partial charge >= 0.3 is 5.97 Å². The Hall–Kier alpha value is -0.650. The Morgan fingerprint density at radius 2 is 2.27 bits per heavy atom. The molecule has 1 N–H and O–H groups in total. The van der Waals surface area contributed by atoms with Crippen molar-refractivity contribution in [1.82, 2.24) is 4.90 Å². The monoisotopic (exact) mass is 217 g/mol. The molecule has 1 saturated heterocycles. The lowest BCUT2D eigenvalue weighted by Crippen LogP contribution is -2.48. The van der Waals surface area contributed by atoms with Crippen LogP contribution in [-0.4, -0.2) is 61.5 Å². The van der Waals surface area contributed by atoms with E-state index in [-0.39, 0.29) is 0 Å². The molecule has 0 saturated carbocycles. The minimum absolute atomic E-state index is 0.295. The van der Waals surface area contributed by atoms with E-state index in [2.05, 4.69) is 4.74 Å². The van der Waals surface area contributed by atoms with E-state index in [0.717, 1.165) is 26.1 Å². The van der Waals surface area contributed by atoms with Crippen LogP contribution in [0.3, 0.4) is 0 Å². The number of esters is 1. The first-order valence-corrected chi connectivity index (χ1v) is 5.17. The molecular weight excluding hydrogens is 198 g/mol. The minimum Gasteiger partial charge on any atom is -0.467 e. The molecule has 1 aliphatic rings. The van der Waals surface area contributed by atoms with Crippen molar-refractivity contribution in [3.05, 3.63) is 0 Å². The van der Waals surface area contributed by atoms with Gasteiger partial charge in [-0.3, -0.25) is 4.90 Å². The molecule has 1 atom stereocenters. The maximum absolute atomic E-state index is 11.3. The van der Waals surface area contributed by atoms with Crippen LogP contribution in [0, 0.1) is 0 Å². The maximum Gasteiger partial charge on any atom is 0.338 e. The van der Waals surface area contributed by atoms with E-state index in [4.69, 9.17) is 4.74 Å². The van der Waals surface area contributed by atoms with Crippen LogP contribution in [-0.2, 0) is 14.3 Å². The summed E-state index contributed by atoms with van der Waals surface area (Å²) < 4.78 is 9.83. The first-order chi connectivity index (χ1) is 7.06. The number of rotatable bonds is 3. The fourth-order valence-corrected chi connectivity index (χ4v) is 1.68. The Labute approximate surface area is 90.0 Å². The summed E-state index contributed by atoms with van der Waals surface area (Å²) in [4.78, 5) is 13.3. The Kier molecular flexibility index (Phi) is 4.50. The maximum atomic E-state index is 11.3. The van der Waals surface area contributed by atoms with Crippen LogP contribution in [0.5, 0.6) is 0 Å². The van der Waals surface area contributed by atoms with Crippen LogP contribution in [0.1, 0.15) is 13.3 Å². The molecule has 15 heavy (non-hydrogen) atoms. The van der Waals surface area contributed by atoms with Gasteiger partial charge in [0.15, 0.2) is 5.60 Å². The molecule has 1 fully saturated rings. The average molecular weight is 217 g/mol. The van der Waals surface area contributed by atoms with Crippen LogP contribution < -0.4 is 0 Å². The minimum atomic E-state index is -1.43. The molecule has 1 heterocycles. The van der Waals surface area contributed by atoms with Gasteiger partial charge in [0.1, 0.15) is 0 Å². The summed E-state index contributed by atoms with van der Waals surface area (Å²) in [6, 6.07) is 0. The summed E-state index contributed by atoms with van der Waals surface area (Å²) in [5.41, 5.74) is -1.43. The first-order valence-electron chi connectivity index (χ1n) is 5.17. The lowest BCUT2D eigenvalue weighted by Gasteiger charge is -2.28. The highest BCUT2D eigenvalue weighted by atomic mass is 16.5. The molecule has 0 aromatic heterocycles. The standard InChI is InChI=1S/C10H19NO4/c1-10(13,9(12)14-2)8-11-4-3-6-15-7-5-11/h13H,3-8H2,1-2H3. The quantitative estimate of drug-likeness (QED) is 0.654. The molecule has 0 spiro atoms. The van der Waals surface area contributed by atoms with E-state index in [1.807, 2.05) is 4.90 Å². The van der Waals surface area contributed by atoms with E-state index in [9.17, 15) is 9.90 Å². The third-order valence-electron chi connectivity index (χ3n) is 2.47. The Bertz CT molecular complexity index is 209. The second kappa shape index (κ2) is 5.44. The summed E-state index contributed by atoms with van der Waals surface area (Å²) in [5, 5.41) is 9.87. The summed E-state index contributed by atoms with van der Waals surface area (Å²) in [5.74, 6) is -0.590. The van der Waals surface area contributed by atoms with Crippen LogP contribution in [0.4, 0.5) is 0 Å². The summed E-state index contributed by atoms with van der Waals surface area (Å²) in [6.07, 6.45) is 0.928. The third-order valence-corrected chi connectivity index (χ3v) is 2.47. The van der Waals surface area contributed by atoms with Crippen molar-refractivity contribution >= 4 is 5.97 Å². The van der Waals surface area contributed by atoms with Crippen molar-refractivity contribution in [3.63, 3.8) is 0 Å². The molecule has 5 nitrogen and oxygen atoms in total. The number of carbonyl (C=O) groups is 1. The topological polar surface area (TPSA) is 59.0 Å². The molecule has 1 rings (SSSR count). The Morgan fingerprint density at radius 3 is 2.93 bits per heavy atom. The molecule has 0 radical (unpaired) electrons. The predicted molar refractivity (Wildman–Crippen MR) is 54.5 cm³/mol. The van der Waals surface area contributed by atoms with Gasteiger partial charge in [0.25, 0.3) is 0 Å². The lowest BCUT2D eigenvalue weighted by atomic mass is 10.1. The number of methoxy groups -OCH3 is 1. The summed E-state index contributed by atoms with van der Waals surface area (Å²) in [6.45, 7) is 4.75. The highest BCUT2D eigenvalue weighted by molar-refractivity contribution is 5.78. The molecule has 0 amide bonds. The van der Waals surface area contributed by atoms with Crippen LogP contribution in [0.25, 0.3) is 0 Å². The summed E-state index contributed by atoms with van der Waals surface area (Å²) >= 11 is 0. The van der Waals surface area contributed by atoms with E-state index in [1.54, 1.807) is 0 Å².